The molecule has 1 aliphatic carbocycles. The third-order valence-electron chi connectivity index (χ3n) is 3.55. The van der Waals surface area contributed by atoms with Crippen LogP contribution in [-0.4, -0.2) is 6.04 Å². The van der Waals surface area contributed by atoms with Crippen LogP contribution in [0.1, 0.15) is 31.2 Å². The van der Waals surface area contributed by atoms with Gasteiger partial charge in [-0.2, -0.15) is 0 Å². The van der Waals surface area contributed by atoms with Crippen molar-refractivity contribution in [2.75, 3.05) is 0 Å². The van der Waals surface area contributed by atoms with Gasteiger partial charge in [-0.05, 0) is 31.0 Å². The molecule has 1 aliphatic rings. The van der Waals surface area contributed by atoms with Crippen molar-refractivity contribution in [2.45, 2.75) is 38.3 Å². The molecule has 1 aromatic heterocycles. The van der Waals surface area contributed by atoms with Gasteiger partial charge in [-0.3, -0.25) is 0 Å². The summed E-state index contributed by atoms with van der Waals surface area (Å²) in [5.41, 5.74) is 2.12. The molecule has 1 N–H and O–H groups in total. The summed E-state index contributed by atoms with van der Waals surface area (Å²) in [5, 5.41) is 5.49. The monoisotopic (exact) mass is 249 g/mol. The molecule has 1 saturated carbocycles. The summed E-state index contributed by atoms with van der Waals surface area (Å²) in [7, 11) is 0. The molecule has 0 aliphatic heterocycles. The highest BCUT2D eigenvalue weighted by Crippen LogP contribution is 2.25. The Morgan fingerprint density at radius 2 is 2.12 bits per heavy atom. The Kier molecular flexibility index (Phi) is 3.08. The summed E-state index contributed by atoms with van der Waals surface area (Å²) in [6.07, 6.45) is 7.15. The number of hydrogen-bond acceptors (Lipinski definition) is 2. The second-order valence-corrected chi connectivity index (χ2v) is 5.20. The van der Waals surface area contributed by atoms with Gasteiger partial charge < -0.3 is 9.73 Å². The van der Waals surface area contributed by atoms with Crippen LogP contribution in [0.4, 0.5) is 0 Å². The van der Waals surface area contributed by atoms with Crippen LogP contribution in [0.25, 0.3) is 11.0 Å². The summed E-state index contributed by atoms with van der Waals surface area (Å²) >= 11 is 6.01. The fraction of sp³-hybridized carbons (Fsp3) is 0.429. The largest absolute Gasteiger partial charge is 0.464 e. The Balaban J connectivity index is 1.77. The molecule has 1 heterocycles. The summed E-state index contributed by atoms with van der Waals surface area (Å²) < 4.78 is 5.52. The third-order valence-corrected chi connectivity index (χ3v) is 3.79. The molecule has 3 heteroatoms. The van der Waals surface area contributed by atoms with E-state index in [9.17, 15) is 0 Å². The van der Waals surface area contributed by atoms with Crippen molar-refractivity contribution >= 4 is 22.6 Å². The molecule has 1 fully saturated rings. The number of fused-ring (bicyclic) bond motifs is 1. The Morgan fingerprint density at radius 1 is 1.29 bits per heavy atom. The summed E-state index contributed by atoms with van der Waals surface area (Å²) in [6.45, 7) is 0.873. The van der Waals surface area contributed by atoms with E-state index in [0.717, 1.165) is 22.5 Å². The second-order valence-electron chi connectivity index (χ2n) is 4.76. The van der Waals surface area contributed by atoms with E-state index in [1.807, 2.05) is 24.5 Å². The van der Waals surface area contributed by atoms with Gasteiger partial charge in [0.05, 0.1) is 6.26 Å². The van der Waals surface area contributed by atoms with Gasteiger partial charge in [-0.25, -0.2) is 0 Å². The van der Waals surface area contributed by atoms with E-state index < -0.39 is 0 Å². The molecule has 90 valence electrons. The number of nitrogens with one attached hydrogen (secondary N) is 1. The molecule has 1 aromatic carbocycles. The van der Waals surface area contributed by atoms with Crippen molar-refractivity contribution in [3.63, 3.8) is 0 Å². The van der Waals surface area contributed by atoms with Gasteiger partial charge in [-0.1, -0.05) is 24.4 Å². The van der Waals surface area contributed by atoms with Crippen LogP contribution < -0.4 is 5.32 Å². The van der Waals surface area contributed by atoms with E-state index in [1.54, 1.807) is 0 Å². The van der Waals surface area contributed by atoms with Crippen molar-refractivity contribution in [2.24, 2.45) is 0 Å². The average molecular weight is 250 g/mol. The van der Waals surface area contributed by atoms with Crippen molar-refractivity contribution in [1.29, 1.82) is 0 Å². The first-order valence-corrected chi connectivity index (χ1v) is 6.60. The molecule has 0 saturated heterocycles. The van der Waals surface area contributed by atoms with E-state index >= 15 is 0 Å². The Labute approximate surface area is 106 Å². The molecule has 0 spiro atoms. The highest BCUT2D eigenvalue weighted by atomic mass is 35.5. The number of furan rings is 1. The Morgan fingerprint density at radius 3 is 2.94 bits per heavy atom. The highest BCUT2D eigenvalue weighted by molar-refractivity contribution is 6.31. The van der Waals surface area contributed by atoms with Gasteiger partial charge >= 0.3 is 0 Å². The van der Waals surface area contributed by atoms with Crippen molar-refractivity contribution < 1.29 is 4.42 Å². The van der Waals surface area contributed by atoms with Crippen LogP contribution in [0, 0.1) is 0 Å². The molecule has 0 amide bonds. The molecular formula is C14H16ClNO. The van der Waals surface area contributed by atoms with Gasteiger partial charge in [0.2, 0.25) is 0 Å². The number of halogens is 1. The minimum absolute atomic E-state index is 0.680. The molecule has 0 bridgehead atoms. The highest BCUT2D eigenvalue weighted by Gasteiger charge is 2.15. The van der Waals surface area contributed by atoms with Gasteiger partial charge in [0.25, 0.3) is 0 Å². The molecule has 0 unspecified atom stereocenters. The number of benzene rings is 1. The molecule has 0 radical (unpaired) electrons. The predicted octanol–water partition coefficient (Wildman–Crippen LogP) is 4.12. The summed E-state index contributed by atoms with van der Waals surface area (Å²) in [6, 6.07) is 6.45. The first-order valence-electron chi connectivity index (χ1n) is 6.22. The predicted molar refractivity (Wildman–Crippen MR) is 70.3 cm³/mol. The normalized spacial score (nSPS) is 17.0. The maximum Gasteiger partial charge on any atom is 0.134 e. The Hall–Kier alpha value is -0.990. The lowest BCUT2D eigenvalue weighted by molar-refractivity contribution is 0.520. The quantitative estimate of drug-likeness (QED) is 0.885. The summed E-state index contributed by atoms with van der Waals surface area (Å²) in [5.74, 6) is 0. The van der Waals surface area contributed by atoms with Gasteiger partial charge in [0.15, 0.2) is 0 Å². The summed E-state index contributed by atoms with van der Waals surface area (Å²) in [4.78, 5) is 0. The zero-order valence-corrected chi connectivity index (χ0v) is 10.5. The van der Waals surface area contributed by atoms with Crippen molar-refractivity contribution in [1.82, 2.24) is 5.32 Å². The van der Waals surface area contributed by atoms with Crippen LogP contribution in [0.2, 0.25) is 5.02 Å². The topological polar surface area (TPSA) is 25.2 Å². The van der Waals surface area contributed by atoms with Crippen LogP contribution in [0.5, 0.6) is 0 Å². The van der Waals surface area contributed by atoms with Gasteiger partial charge in [-0.15, -0.1) is 0 Å². The van der Waals surface area contributed by atoms with E-state index in [4.69, 9.17) is 16.0 Å². The first kappa shape index (κ1) is 11.1. The zero-order chi connectivity index (χ0) is 11.7. The fourth-order valence-electron chi connectivity index (χ4n) is 2.58. The second kappa shape index (κ2) is 4.71. The van der Waals surface area contributed by atoms with E-state index in [0.29, 0.717) is 6.04 Å². The standard InChI is InChI=1S/C14H16ClNO/c15-11-5-6-14-13(7-11)10(9-17-14)8-16-12-3-1-2-4-12/h5-7,9,12,16H,1-4,8H2. The van der Waals surface area contributed by atoms with E-state index in [1.165, 1.54) is 31.2 Å². The first-order chi connectivity index (χ1) is 8.33. The fourth-order valence-corrected chi connectivity index (χ4v) is 2.75. The van der Waals surface area contributed by atoms with Gasteiger partial charge in [0, 0.05) is 28.6 Å². The maximum atomic E-state index is 6.01. The average Bonchev–Trinajstić information content (AvgIpc) is 2.94. The lowest BCUT2D eigenvalue weighted by atomic mass is 10.1. The van der Waals surface area contributed by atoms with Crippen LogP contribution in [-0.2, 0) is 6.54 Å². The molecule has 2 nitrogen and oxygen atoms in total. The van der Waals surface area contributed by atoms with Crippen LogP contribution in [0.3, 0.4) is 0 Å². The van der Waals surface area contributed by atoms with E-state index in [2.05, 4.69) is 5.32 Å². The lowest BCUT2D eigenvalue weighted by Gasteiger charge is -2.10. The van der Waals surface area contributed by atoms with Crippen molar-refractivity contribution in [3.05, 3.63) is 35.0 Å². The minimum atomic E-state index is 0.680. The maximum absolute atomic E-state index is 6.01. The zero-order valence-electron chi connectivity index (χ0n) is 9.71. The molecular weight excluding hydrogens is 234 g/mol. The number of rotatable bonds is 3. The molecule has 2 aromatic rings. The smallest absolute Gasteiger partial charge is 0.134 e. The molecule has 17 heavy (non-hydrogen) atoms. The number of hydrogen-bond donors (Lipinski definition) is 1. The lowest BCUT2D eigenvalue weighted by Crippen LogP contribution is -2.25. The van der Waals surface area contributed by atoms with Crippen LogP contribution >= 0.6 is 11.6 Å². The van der Waals surface area contributed by atoms with E-state index in [-0.39, 0.29) is 0 Å². The van der Waals surface area contributed by atoms with Crippen LogP contribution in [0.15, 0.2) is 28.9 Å². The Bertz CT molecular complexity index is 514. The SMILES string of the molecule is Clc1ccc2occ(CNC3CCCC3)c2c1. The minimum Gasteiger partial charge on any atom is -0.464 e. The third kappa shape index (κ3) is 2.33. The molecule has 3 rings (SSSR count). The van der Waals surface area contributed by atoms with Gasteiger partial charge in [0.1, 0.15) is 5.58 Å². The molecule has 0 atom stereocenters. The van der Waals surface area contributed by atoms with Crippen molar-refractivity contribution in [3.8, 4) is 0 Å².